The summed E-state index contributed by atoms with van der Waals surface area (Å²) >= 11 is 0. The average molecular weight is 488 g/mol. The second-order valence-electron chi connectivity index (χ2n) is 7.22. The van der Waals surface area contributed by atoms with Crippen molar-refractivity contribution in [3.63, 3.8) is 0 Å². The largest absolute Gasteiger partial charge is 0.467 e. The van der Waals surface area contributed by atoms with Gasteiger partial charge < -0.3 is 14.5 Å². The average Bonchev–Trinajstić information content (AvgIpc) is 2.76. The van der Waals surface area contributed by atoms with Crippen LogP contribution in [0.3, 0.4) is 0 Å². The number of carbonyl (C=O) groups excluding carboxylic acids is 1. The minimum absolute atomic E-state index is 0.122. The van der Waals surface area contributed by atoms with Crippen molar-refractivity contribution in [2.24, 2.45) is 0 Å². The van der Waals surface area contributed by atoms with Gasteiger partial charge in [-0.2, -0.15) is 13.2 Å². The highest BCUT2D eigenvalue weighted by atomic mass is 32.2. The van der Waals surface area contributed by atoms with E-state index in [4.69, 9.17) is 0 Å². The Morgan fingerprint density at radius 2 is 1.88 bits per heavy atom. The van der Waals surface area contributed by atoms with Gasteiger partial charge in [0, 0.05) is 44.7 Å². The third kappa shape index (κ3) is 5.88. The predicted molar refractivity (Wildman–Crippen MR) is 110 cm³/mol. The zero-order chi connectivity index (χ0) is 24.4. The minimum Gasteiger partial charge on any atom is -0.467 e. The van der Waals surface area contributed by atoms with E-state index in [1.165, 1.54) is 35.4 Å². The van der Waals surface area contributed by atoms with Gasteiger partial charge in [-0.15, -0.1) is 0 Å². The normalized spacial score (nSPS) is 14.8. The zero-order valence-electron chi connectivity index (χ0n) is 17.3. The van der Waals surface area contributed by atoms with Crippen LogP contribution in [0.15, 0.2) is 41.4 Å². The first-order valence-corrected chi connectivity index (χ1v) is 11.4. The maximum Gasteiger partial charge on any atom is 0.422 e. The fraction of sp³-hybridized carbons (Fsp3) is 0.368. The number of rotatable bonds is 6. The molecule has 0 N–H and O–H groups in total. The first-order chi connectivity index (χ1) is 15.4. The van der Waals surface area contributed by atoms with Crippen LogP contribution in [0.2, 0.25) is 0 Å². The van der Waals surface area contributed by atoms with E-state index >= 15 is 0 Å². The van der Waals surface area contributed by atoms with Gasteiger partial charge in [-0.25, -0.2) is 13.4 Å². The number of amides is 1. The first-order valence-electron chi connectivity index (χ1n) is 9.54. The Balaban J connectivity index is 1.75. The lowest BCUT2D eigenvalue weighted by Gasteiger charge is -2.36. The van der Waals surface area contributed by atoms with Crippen molar-refractivity contribution >= 4 is 27.1 Å². The van der Waals surface area contributed by atoms with Crippen LogP contribution >= 0.6 is 0 Å². The molecule has 0 saturated carbocycles. The SMILES string of the molecule is CS(=O)(=O)c1ccc(N2CCN(C(=O)c3cccnc3OCC(F)(F)F)CC2)c([N+](=O)[O-])c1. The summed E-state index contributed by atoms with van der Waals surface area (Å²) in [5, 5.41) is 11.5. The van der Waals surface area contributed by atoms with Gasteiger partial charge in [0.15, 0.2) is 16.4 Å². The van der Waals surface area contributed by atoms with E-state index in [1.807, 2.05) is 0 Å². The number of nitro benzene ring substituents is 1. The summed E-state index contributed by atoms with van der Waals surface area (Å²) in [4.78, 5) is 30.2. The van der Waals surface area contributed by atoms with Gasteiger partial charge in [0.2, 0.25) is 5.88 Å². The molecule has 1 aliphatic heterocycles. The summed E-state index contributed by atoms with van der Waals surface area (Å²) in [5.74, 6) is -1.02. The molecule has 0 radical (unpaired) electrons. The molecular weight excluding hydrogens is 469 g/mol. The molecule has 0 aliphatic carbocycles. The van der Waals surface area contributed by atoms with E-state index in [9.17, 15) is 36.5 Å². The fourth-order valence-electron chi connectivity index (χ4n) is 3.29. The molecule has 1 saturated heterocycles. The molecule has 1 aromatic heterocycles. The van der Waals surface area contributed by atoms with E-state index in [-0.39, 0.29) is 48.0 Å². The van der Waals surface area contributed by atoms with Crippen LogP contribution in [0.4, 0.5) is 24.5 Å². The maximum atomic E-state index is 12.8. The Morgan fingerprint density at radius 1 is 1.21 bits per heavy atom. The number of ether oxygens (including phenoxy) is 1. The van der Waals surface area contributed by atoms with Crippen LogP contribution < -0.4 is 9.64 Å². The van der Waals surface area contributed by atoms with Crippen molar-refractivity contribution in [2.75, 3.05) is 43.9 Å². The number of halogens is 3. The molecule has 0 spiro atoms. The van der Waals surface area contributed by atoms with Crippen LogP contribution in [0.5, 0.6) is 5.88 Å². The lowest BCUT2D eigenvalue weighted by atomic mass is 10.2. The molecule has 10 nitrogen and oxygen atoms in total. The molecule has 1 aliphatic rings. The Labute approximate surface area is 186 Å². The van der Waals surface area contributed by atoms with Gasteiger partial charge in [-0.3, -0.25) is 14.9 Å². The molecule has 1 fully saturated rings. The summed E-state index contributed by atoms with van der Waals surface area (Å²) in [6, 6.07) is 6.31. The van der Waals surface area contributed by atoms with E-state index in [0.29, 0.717) is 0 Å². The molecular formula is C19H19F3N4O6S. The van der Waals surface area contributed by atoms with Gasteiger partial charge in [0.1, 0.15) is 11.3 Å². The lowest BCUT2D eigenvalue weighted by Crippen LogP contribution is -2.49. The Kier molecular flexibility index (Phi) is 6.76. The quantitative estimate of drug-likeness (QED) is 0.448. The van der Waals surface area contributed by atoms with Crippen molar-refractivity contribution < 1.29 is 36.0 Å². The second kappa shape index (κ2) is 9.21. The highest BCUT2D eigenvalue weighted by Gasteiger charge is 2.31. The van der Waals surface area contributed by atoms with Crippen molar-refractivity contribution in [1.29, 1.82) is 0 Å². The monoisotopic (exact) mass is 488 g/mol. The smallest absolute Gasteiger partial charge is 0.422 e. The molecule has 1 aromatic carbocycles. The molecule has 0 unspecified atom stereocenters. The van der Waals surface area contributed by atoms with Crippen LogP contribution in [-0.4, -0.2) is 74.4 Å². The Morgan fingerprint density at radius 3 is 2.45 bits per heavy atom. The van der Waals surface area contributed by atoms with Crippen molar-refractivity contribution in [3.8, 4) is 5.88 Å². The number of nitrogens with zero attached hydrogens (tertiary/aromatic N) is 4. The second-order valence-corrected chi connectivity index (χ2v) is 9.23. The number of piperazine rings is 1. The van der Waals surface area contributed by atoms with E-state index in [2.05, 4.69) is 9.72 Å². The standard InChI is InChI=1S/C19H19F3N4O6S/c1-33(30,31)13-4-5-15(16(11-13)26(28)29)24-7-9-25(10-8-24)18(27)14-3-2-6-23-17(14)32-12-19(20,21)22/h2-6,11H,7-10,12H2,1H3. The van der Waals surface area contributed by atoms with E-state index in [0.717, 1.165) is 12.3 Å². The zero-order valence-corrected chi connectivity index (χ0v) is 18.1. The maximum absolute atomic E-state index is 12.8. The van der Waals surface area contributed by atoms with Gasteiger partial charge in [-0.05, 0) is 24.3 Å². The molecule has 3 rings (SSSR count). The van der Waals surface area contributed by atoms with Gasteiger partial charge in [0.05, 0.1) is 9.82 Å². The molecule has 2 aromatic rings. The van der Waals surface area contributed by atoms with Crippen molar-refractivity contribution in [3.05, 3.63) is 52.2 Å². The highest BCUT2D eigenvalue weighted by molar-refractivity contribution is 7.90. The molecule has 178 valence electrons. The Bertz CT molecular complexity index is 1160. The van der Waals surface area contributed by atoms with Crippen LogP contribution in [-0.2, 0) is 9.84 Å². The van der Waals surface area contributed by atoms with Gasteiger partial charge in [0.25, 0.3) is 11.6 Å². The van der Waals surface area contributed by atoms with E-state index in [1.54, 1.807) is 4.90 Å². The number of pyridine rings is 1. The number of anilines is 1. The number of carbonyl (C=O) groups is 1. The fourth-order valence-corrected chi connectivity index (χ4v) is 3.93. The Hall–Kier alpha value is -3.42. The van der Waals surface area contributed by atoms with Crippen LogP contribution in [0.1, 0.15) is 10.4 Å². The molecule has 0 bridgehead atoms. The van der Waals surface area contributed by atoms with E-state index < -0.39 is 39.3 Å². The minimum atomic E-state index is -4.59. The van der Waals surface area contributed by atoms with Crippen molar-refractivity contribution in [1.82, 2.24) is 9.88 Å². The lowest BCUT2D eigenvalue weighted by molar-refractivity contribution is -0.384. The number of hydrogen-bond acceptors (Lipinski definition) is 8. The summed E-state index contributed by atoms with van der Waals surface area (Å²) in [5.41, 5.74) is -0.304. The molecule has 0 atom stereocenters. The third-order valence-electron chi connectivity index (χ3n) is 4.85. The highest BCUT2D eigenvalue weighted by Crippen LogP contribution is 2.32. The van der Waals surface area contributed by atoms with Crippen LogP contribution in [0.25, 0.3) is 0 Å². The molecule has 33 heavy (non-hydrogen) atoms. The van der Waals surface area contributed by atoms with Crippen LogP contribution in [0, 0.1) is 10.1 Å². The number of benzene rings is 1. The molecule has 14 heteroatoms. The topological polar surface area (TPSA) is 123 Å². The predicted octanol–water partition coefficient (Wildman–Crippen LogP) is 2.30. The number of hydrogen-bond donors (Lipinski definition) is 0. The van der Waals surface area contributed by atoms with Crippen molar-refractivity contribution in [2.45, 2.75) is 11.1 Å². The number of nitro groups is 1. The van der Waals surface area contributed by atoms with Gasteiger partial charge in [-0.1, -0.05) is 0 Å². The van der Waals surface area contributed by atoms with Gasteiger partial charge >= 0.3 is 6.18 Å². The summed E-state index contributed by atoms with van der Waals surface area (Å²) < 4.78 is 65.5. The summed E-state index contributed by atoms with van der Waals surface area (Å²) in [6.45, 7) is -0.979. The number of aromatic nitrogens is 1. The molecule has 1 amide bonds. The first kappa shape index (κ1) is 24.2. The third-order valence-corrected chi connectivity index (χ3v) is 5.96. The molecule has 2 heterocycles. The summed E-state index contributed by atoms with van der Waals surface area (Å²) in [7, 11) is -3.64. The summed E-state index contributed by atoms with van der Waals surface area (Å²) in [6.07, 6.45) is -2.44. The number of sulfone groups is 1. The number of alkyl halides is 3.